The molecule has 0 aliphatic rings. The van der Waals surface area contributed by atoms with Gasteiger partial charge in [-0.2, -0.15) is 10.2 Å². The summed E-state index contributed by atoms with van der Waals surface area (Å²) < 4.78 is 29.0. The Balaban J connectivity index is 1.54. The zero-order chi connectivity index (χ0) is 22.7. The van der Waals surface area contributed by atoms with Gasteiger partial charge in [-0.3, -0.25) is 9.48 Å². The van der Waals surface area contributed by atoms with Gasteiger partial charge >= 0.3 is 0 Å². The van der Waals surface area contributed by atoms with Crippen LogP contribution < -0.4 is 5.32 Å². The Morgan fingerprint density at radius 3 is 2.34 bits per heavy atom. The van der Waals surface area contributed by atoms with Gasteiger partial charge in [0.15, 0.2) is 0 Å². The number of nitrogens with zero attached hydrogens (tertiary/aromatic N) is 4. The van der Waals surface area contributed by atoms with Gasteiger partial charge in [0, 0.05) is 23.9 Å². The predicted molar refractivity (Wildman–Crippen MR) is 118 cm³/mol. The van der Waals surface area contributed by atoms with Crippen LogP contribution in [0.15, 0.2) is 66.9 Å². The van der Waals surface area contributed by atoms with Crippen molar-refractivity contribution < 1.29 is 13.6 Å². The number of halogens is 3. The van der Waals surface area contributed by atoms with Crippen molar-refractivity contribution in [3.63, 3.8) is 0 Å². The molecule has 1 amide bonds. The molecule has 0 saturated carbocycles. The lowest BCUT2D eigenvalue weighted by atomic mass is 10.1. The van der Waals surface area contributed by atoms with E-state index >= 15 is 0 Å². The lowest BCUT2D eigenvalue weighted by Gasteiger charge is -2.07. The van der Waals surface area contributed by atoms with Crippen molar-refractivity contribution in [3.05, 3.63) is 88.8 Å². The molecule has 2 aromatic heterocycles. The minimum atomic E-state index is -2.80. The van der Waals surface area contributed by atoms with Crippen LogP contribution in [0.25, 0.3) is 16.9 Å². The van der Waals surface area contributed by atoms with Gasteiger partial charge in [-0.05, 0) is 19.1 Å². The standard InChI is InChI=1S/C23H20ClF2N5O/c1-15-20(24)22(23(25)26)29-30(15)14-19(32)27-12-17-13-31(18-10-6-3-7-11-18)28-21(17)16-8-4-2-5-9-16/h2-11,13,23H,12,14H2,1H3,(H,27,32). The van der Waals surface area contributed by atoms with Gasteiger partial charge in [-0.25, -0.2) is 13.5 Å². The van der Waals surface area contributed by atoms with Crippen molar-refractivity contribution in [3.8, 4) is 16.9 Å². The van der Waals surface area contributed by atoms with Crippen molar-refractivity contribution in [2.45, 2.75) is 26.4 Å². The van der Waals surface area contributed by atoms with E-state index in [4.69, 9.17) is 16.7 Å². The number of aromatic nitrogens is 4. The van der Waals surface area contributed by atoms with Crippen molar-refractivity contribution in [2.24, 2.45) is 0 Å². The fraction of sp³-hybridized carbons (Fsp3) is 0.174. The average Bonchev–Trinajstić information content (AvgIpc) is 3.36. The molecule has 0 fully saturated rings. The maximum atomic E-state index is 13.0. The molecule has 6 nitrogen and oxygen atoms in total. The van der Waals surface area contributed by atoms with Gasteiger partial charge in [0.05, 0.1) is 22.1 Å². The molecule has 0 atom stereocenters. The molecule has 9 heteroatoms. The summed E-state index contributed by atoms with van der Waals surface area (Å²) in [5.74, 6) is -0.375. The molecule has 4 aromatic rings. The number of nitrogens with one attached hydrogen (secondary N) is 1. The zero-order valence-corrected chi connectivity index (χ0v) is 17.9. The monoisotopic (exact) mass is 455 g/mol. The SMILES string of the molecule is Cc1c(Cl)c(C(F)F)nn1CC(=O)NCc1cn(-c2ccccc2)nc1-c1ccccc1. The Morgan fingerprint density at radius 1 is 1.06 bits per heavy atom. The molecule has 0 aliphatic heterocycles. The van der Waals surface area contributed by atoms with Crippen LogP contribution in [-0.4, -0.2) is 25.5 Å². The van der Waals surface area contributed by atoms with Crippen LogP contribution in [-0.2, 0) is 17.9 Å². The second kappa shape index (κ2) is 9.32. The molecule has 0 aliphatic carbocycles. The summed E-state index contributed by atoms with van der Waals surface area (Å²) in [6.45, 7) is 1.54. The third kappa shape index (κ3) is 4.55. The summed E-state index contributed by atoms with van der Waals surface area (Å²) in [6, 6.07) is 19.3. The van der Waals surface area contributed by atoms with E-state index in [2.05, 4.69) is 10.4 Å². The number of alkyl halides is 2. The van der Waals surface area contributed by atoms with Gasteiger partial charge in [0.25, 0.3) is 6.43 Å². The summed E-state index contributed by atoms with van der Waals surface area (Å²) in [7, 11) is 0. The maximum Gasteiger partial charge on any atom is 0.283 e. The molecule has 2 heterocycles. The van der Waals surface area contributed by atoms with Crippen molar-refractivity contribution in [1.29, 1.82) is 0 Å². The van der Waals surface area contributed by atoms with E-state index in [1.807, 2.05) is 66.9 Å². The van der Waals surface area contributed by atoms with Crippen LogP contribution in [0, 0.1) is 6.92 Å². The zero-order valence-electron chi connectivity index (χ0n) is 17.2. The third-order valence-electron chi connectivity index (χ3n) is 4.99. The number of hydrogen-bond donors (Lipinski definition) is 1. The molecular weight excluding hydrogens is 436 g/mol. The second-order valence-electron chi connectivity index (χ2n) is 7.17. The van der Waals surface area contributed by atoms with Crippen molar-refractivity contribution >= 4 is 17.5 Å². The first-order valence-electron chi connectivity index (χ1n) is 9.91. The van der Waals surface area contributed by atoms with Crippen LogP contribution in [0.4, 0.5) is 8.78 Å². The molecule has 0 unspecified atom stereocenters. The van der Waals surface area contributed by atoms with E-state index in [0.717, 1.165) is 22.5 Å². The smallest absolute Gasteiger partial charge is 0.283 e. The average molecular weight is 456 g/mol. The topological polar surface area (TPSA) is 64.7 Å². The highest BCUT2D eigenvalue weighted by atomic mass is 35.5. The molecular formula is C23H20ClF2N5O. The lowest BCUT2D eigenvalue weighted by Crippen LogP contribution is -2.28. The quantitative estimate of drug-likeness (QED) is 0.428. The minimum absolute atomic E-state index is 0.122. The first-order chi connectivity index (χ1) is 15.4. The maximum absolute atomic E-state index is 13.0. The first kappa shape index (κ1) is 21.7. The van der Waals surface area contributed by atoms with Gasteiger partial charge < -0.3 is 5.32 Å². The predicted octanol–water partition coefficient (Wildman–Crippen LogP) is 4.95. The molecule has 0 saturated heterocycles. The summed E-state index contributed by atoms with van der Waals surface area (Å²) in [5, 5.41) is 11.2. The van der Waals surface area contributed by atoms with Crippen LogP contribution in [0.5, 0.6) is 0 Å². The molecule has 164 valence electrons. The summed E-state index contributed by atoms with van der Waals surface area (Å²) in [5.41, 5.74) is 3.17. The number of benzene rings is 2. The van der Waals surface area contributed by atoms with E-state index in [1.165, 1.54) is 4.68 Å². The Bertz CT molecular complexity index is 1220. The summed E-state index contributed by atoms with van der Waals surface area (Å²) in [6.07, 6.45) is -0.939. The van der Waals surface area contributed by atoms with E-state index < -0.39 is 12.1 Å². The fourth-order valence-electron chi connectivity index (χ4n) is 3.32. The Kier molecular flexibility index (Phi) is 6.32. The Hall–Kier alpha value is -3.52. The van der Waals surface area contributed by atoms with Crippen LogP contribution in [0.2, 0.25) is 5.02 Å². The van der Waals surface area contributed by atoms with Gasteiger partial charge in [-0.1, -0.05) is 60.1 Å². The number of rotatable bonds is 7. The largest absolute Gasteiger partial charge is 0.350 e. The van der Waals surface area contributed by atoms with E-state index in [0.29, 0.717) is 5.69 Å². The number of carbonyl (C=O) groups excluding carboxylic acids is 1. The molecule has 4 rings (SSSR count). The van der Waals surface area contributed by atoms with Gasteiger partial charge in [0.2, 0.25) is 5.91 Å². The molecule has 0 spiro atoms. The van der Waals surface area contributed by atoms with Crippen LogP contribution in [0.3, 0.4) is 0 Å². The molecule has 1 N–H and O–H groups in total. The third-order valence-corrected chi connectivity index (χ3v) is 5.46. The highest BCUT2D eigenvalue weighted by Gasteiger charge is 2.21. The van der Waals surface area contributed by atoms with Crippen molar-refractivity contribution in [2.75, 3.05) is 0 Å². The van der Waals surface area contributed by atoms with E-state index in [9.17, 15) is 13.6 Å². The van der Waals surface area contributed by atoms with Crippen LogP contribution in [0.1, 0.15) is 23.4 Å². The van der Waals surface area contributed by atoms with E-state index in [-0.39, 0.29) is 24.0 Å². The molecule has 0 bridgehead atoms. The number of para-hydroxylation sites is 1. The van der Waals surface area contributed by atoms with Gasteiger partial charge in [-0.15, -0.1) is 0 Å². The van der Waals surface area contributed by atoms with Crippen molar-refractivity contribution in [1.82, 2.24) is 24.9 Å². The lowest BCUT2D eigenvalue weighted by molar-refractivity contribution is -0.122. The number of amides is 1. The minimum Gasteiger partial charge on any atom is -0.350 e. The number of carbonyl (C=O) groups is 1. The molecule has 2 aromatic carbocycles. The molecule has 32 heavy (non-hydrogen) atoms. The highest BCUT2D eigenvalue weighted by Crippen LogP contribution is 2.28. The van der Waals surface area contributed by atoms with Gasteiger partial charge in [0.1, 0.15) is 12.2 Å². The Labute approximate surface area is 188 Å². The highest BCUT2D eigenvalue weighted by molar-refractivity contribution is 6.31. The fourth-order valence-corrected chi connectivity index (χ4v) is 3.54. The van der Waals surface area contributed by atoms with Crippen LogP contribution >= 0.6 is 11.6 Å². The second-order valence-corrected chi connectivity index (χ2v) is 7.55. The summed E-state index contributed by atoms with van der Waals surface area (Å²) in [4.78, 5) is 12.5. The normalized spacial score (nSPS) is 11.2. The molecule has 0 radical (unpaired) electrons. The number of hydrogen-bond acceptors (Lipinski definition) is 3. The summed E-state index contributed by atoms with van der Waals surface area (Å²) >= 11 is 5.91. The Morgan fingerprint density at radius 2 is 1.72 bits per heavy atom. The first-order valence-corrected chi connectivity index (χ1v) is 10.3. The van der Waals surface area contributed by atoms with E-state index in [1.54, 1.807) is 11.6 Å².